The van der Waals surface area contributed by atoms with Gasteiger partial charge >= 0.3 is 4.87 Å². The third-order valence-corrected chi connectivity index (χ3v) is 5.02. The largest absolute Gasteiger partial charge is 0.481 e. The number of rotatable bonds is 5. The van der Waals surface area contributed by atoms with Gasteiger partial charge in [-0.25, -0.2) is 0 Å². The van der Waals surface area contributed by atoms with E-state index in [-0.39, 0.29) is 10.8 Å². The number of aryl methyl sites for hydroxylation is 2. The maximum Gasteiger partial charge on any atom is 0.307 e. The van der Waals surface area contributed by atoms with Crippen molar-refractivity contribution < 1.29 is 9.53 Å². The van der Waals surface area contributed by atoms with Crippen LogP contribution in [0.1, 0.15) is 18.9 Å². The van der Waals surface area contributed by atoms with E-state index < -0.39 is 6.10 Å². The summed E-state index contributed by atoms with van der Waals surface area (Å²) in [6.45, 7) is 3.91. The molecular formula is C19H20N2O3S. The van der Waals surface area contributed by atoms with Crippen molar-refractivity contribution in [2.24, 2.45) is 7.05 Å². The van der Waals surface area contributed by atoms with Crippen molar-refractivity contribution in [3.63, 3.8) is 0 Å². The second-order valence-corrected chi connectivity index (χ2v) is 6.92. The Morgan fingerprint density at radius 3 is 2.64 bits per heavy atom. The summed E-state index contributed by atoms with van der Waals surface area (Å²) < 4.78 is 8.24. The monoisotopic (exact) mass is 356 g/mol. The average molecular weight is 356 g/mol. The van der Waals surface area contributed by atoms with Crippen LogP contribution in [-0.2, 0) is 11.8 Å². The summed E-state index contributed by atoms with van der Waals surface area (Å²) in [4.78, 5) is 24.2. The van der Waals surface area contributed by atoms with Crippen LogP contribution in [0.4, 0.5) is 5.69 Å². The number of thiazole rings is 1. The lowest BCUT2D eigenvalue weighted by molar-refractivity contribution is -0.122. The predicted molar refractivity (Wildman–Crippen MR) is 102 cm³/mol. The van der Waals surface area contributed by atoms with Gasteiger partial charge in [-0.2, -0.15) is 0 Å². The zero-order valence-corrected chi connectivity index (χ0v) is 15.2. The molecule has 3 aromatic rings. The first-order valence-corrected chi connectivity index (χ1v) is 8.93. The molecule has 0 aliphatic carbocycles. The van der Waals surface area contributed by atoms with Gasteiger partial charge in [0.15, 0.2) is 6.10 Å². The Hall–Kier alpha value is -2.60. The molecule has 1 amide bonds. The summed E-state index contributed by atoms with van der Waals surface area (Å²) in [5.74, 6) is 0.468. The standard InChI is InChI=1S/C19H20N2O3S/c1-4-16(24-14-8-5-12(2)6-9-14)18(22)20-13-7-10-15-17(11-13)25-19(23)21(15)3/h5-11,16H,4H2,1-3H3,(H,20,22)/t16-/m0/s1. The number of anilines is 1. The number of hydrogen-bond acceptors (Lipinski definition) is 4. The zero-order valence-electron chi connectivity index (χ0n) is 14.4. The van der Waals surface area contributed by atoms with Crippen molar-refractivity contribution in [1.29, 1.82) is 0 Å². The first kappa shape index (κ1) is 17.2. The van der Waals surface area contributed by atoms with Gasteiger partial charge in [0.05, 0.1) is 10.2 Å². The van der Waals surface area contributed by atoms with Gasteiger partial charge in [-0.15, -0.1) is 0 Å². The van der Waals surface area contributed by atoms with Gasteiger partial charge in [0.25, 0.3) is 5.91 Å². The summed E-state index contributed by atoms with van der Waals surface area (Å²) >= 11 is 1.16. The molecule has 1 N–H and O–H groups in total. The number of nitrogens with zero attached hydrogens (tertiary/aromatic N) is 1. The smallest absolute Gasteiger partial charge is 0.307 e. The number of ether oxygens (including phenoxy) is 1. The fourth-order valence-electron chi connectivity index (χ4n) is 2.54. The maximum absolute atomic E-state index is 12.5. The lowest BCUT2D eigenvalue weighted by Crippen LogP contribution is -2.32. The molecule has 5 nitrogen and oxygen atoms in total. The predicted octanol–water partition coefficient (Wildman–Crippen LogP) is 3.70. The van der Waals surface area contributed by atoms with Crippen LogP contribution < -0.4 is 14.9 Å². The van der Waals surface area contributed by atoms with Crippen molar-refractivity contribution >= 4 is 33.1 Å². The van der Waals surface area contributed by atoms with Crippen molar-refractivity contribution in [2.75, 3.05) is 5.32 Å². The molecule has 25 heavy (non-hydrogen) atoms. The van der Waals surface area contributed by atoms with E-state index in [9.17, 15) is 9.59 Å². The zero-order chi connectivity index (χ0) is 18.0. The van der Waals surface area contributed by atoms with Crippen molar-refractivity contribution in [3.05, 3.63) is 57.7 Å². The van der Waals surface area contributed by atoms with Gasteiger partial charge in [0, 0.05) is 12.7 Å². The van der Waals surface area contributed by atoms with Crippen LogP contribution >= 0.6 is 11.3 Å². The average Bonchev–Trinajstić information content (AvgIpc) is 2.88. The van der Waals surface area contributed by atoms with Crippen LogP contribution in [0.5, 0.6) is 5.75 Å². The van der Waals surface area contributed by atoms with Gasteiger partial charge in [0.1, 0.15) is 5.75 Å². The molecule has 0 aliphatic heterocycles. The van der Waals surface area contributed by atoms with E-state index in [2.05, 4.69) is 5.32 Å². The van der Waals surface area contributed by atoms with Crippen molar-refractivity contribution in [2.45, 2.75) is 26.4 Å². The second-order valence-electron chi connectivity index (χ2n) is 5.93. The molecule has 0 unspecified atom stereocenters. The summed E-state index contributed by atoms with van der Waals surface area (Å²) in [5, 5.41) is 2.88. The SMILES string of the molecule is CC[C@H](Oc1ccc(C)cc1)C(=O)Nc1ccc2c(c1)sc(=O)n2C. The lowest BCUT2D eigenvalue weighted by atomic mass is 10.2. The van der Waals surface area contributed by atoms with Crippen LogP contribution in [0, 0.1) is 6.92 Å². The van der Waals surface area contributed by atoms with Crippen LogP contribution in [0.2, 0.25) is 0 Å². The maximum atomic E-state index is 12.5. The molecule has 0 bridgehead atoms. The summed E-state index contributed by atoms with van der Waals surface area (Å²) in [6.07, 6.45) is -0.0198. The molecule has 130 valence electrons. The van der Waals surface area contributed by atoms with Gasteiger partial charge in [-0.3, -0.25) is 9.59 Å². The van der Waals surface area contributed by atoms with Crippen LogP contribution in [0.3, 0.4) is 0 Å². The number of fused-ring (bicyclic) bond motifs is 1. The van der Waals surface area contributed by atoms with E-state index >= 15 is 0 Å². The Morgan fingerprint density at radius 2 is 1.96 bits per heavy atom. The first-order chi connectivity index (χ1) is 12.0. The molecule has 3 rings (SSSR count). The molecule has 6 heteroatoms. The highest BCUT2D eigenvalue weighted by Crippen LogP contribution is 2.22. The topological polar surface area (TPSA) is 60.3 Å². The number of nitrogens with one attached hydrogen (secondary N) is 1. The molecule has 2 aromatic carbocycles. The summed E-state index contributed by atoms with van der Waals surface area (Å²) in [5.41, 5.74) is 2.65. The van der Waals surface area contributed by atoms with Crippen molar-refractivity contribution in [3.8, 4) is 5.75 Å². The van der Waals surface area contributed by atoms with Crippen LogP contribution in [0.15, 0.2) is 47.3 Å². The molecule has 0 saturated carbocycles. The van der Waals surface area contributed by atoms with E-state index in [0.29, 0.717) is 17.9 Å². The van der Waals surface area contributed by atoms with E-state index in [1.807, 2.05) is 50.2 Å². The Labute approximate surface area is 149 Å². The number of hydrogen-bond donors (Lipinski definition) is 1. The van der Waals surface area contributed by atoms with E-state index in [1.54, 1.807) is 17.7 Å². The fraction of sp³-hybridized carbons (Fsp3) is 0.263. The molecule has 1 heterocycles. The normalized spacial score (nSPS) is 12.1. The van der Waals surface area contributed by atoms with E-state index in [4.69, 9.17) is 4.74 Å². The molecule has 0 aliphatic rings. The molecule has 0 fully saturated rings. The van der Waals surface area contributed by atoms with Crippen molar-refractivity contribution in [1.82, 2.24) is 4.57 Å². The highest BCUT2D eigenvalue weighted by Gasteiger charge is 2.19. The van der Waals surface area contributed by atoms with E-state index in [1.165, 1.54) is 0 Å². The van der Waals surface area contributed by atoms with Crippen LogP contribution in [-0.4, -0.2) is 16.6 Å². The minimum Gasteiger partial charge on any atom is -0.481 e. The van der Waals surface area contributed by atoms with Gasteiger partial charge < -0.3 is 14.6 Å². The number of amides is 1. The Balaban J connectivity index is 1.75. The fourth-order valence-corrected chi connectivity index (χ4v) is 3.46. The van der Waals surface area contributed by atoms with Gasteiger partial charge in [0.2, 0.25) is 0 Å². The number of carbonyl (C=O) groups excluding carboxylic acids is 1. The number of carbonyl (C=O) groups is 1. The minimum atomic E-state index is -0.576. The summed E-state index contributed by atoms with van der Waals surface area (Å²) in [6, 6.07) is 13.1. The lowest BCUT2D eigenvalue weighted by Gasteiger charge is -2.17. The second kappa shape index (κ2) is 7.11. The quantitative estimate of drug-likeness (QED) is 0.758. The van der Waals surface area contributed by atoms with E-state index in [0.717, 1.165) is 27.1 Å². The molecule has 1 aromatic heterocycles. The van der Waals surface area contributed by atoms with Crippen LogP contribution in [0.25, 0.3) is 10.2 Å². The Kier molecular flexibility index (Phi) is 4.90. The minimum absolute atomic E-state index is 0.0207. The third-order valence-electron chi connectivity index (χ3n) is 4.02. The first-order valence-electron chi connectivity index (χ1n) is 8.11. The third kappa shape index (κ3) is 3.74. The summed E-state index contributed by atoms with van der Waals surface area (Å²) in [7, 11) is 1.74. The number of benzene rings is 2. The Bertz CT molecular complexity index is 957. The van der Waals surface area contributed by atoms with Gasteiger partial charge in [-0.1, -0.05) is 36.0 Å². The molecular weight excluding hydrogens is 336 g/mol. The molecule has 0 saturated heterocycles. The molecule has 1 atom stereocenters. The number of aromatic nitrogens is 1. The van der Waals surface area contributed by atoms with Gasteiger partial charge in [-0.05, 0) is 43.7 Å². The highest BCUT2D eigenvalue weighted by molar-refractivity contribution is 7.16. The molecule has 0 radical (unpaired) electrons. The Morgan fingerprint density at radius 1 is 1.24 bits per heavy atom. The molecule has 0 spiro atoms. The highest BCUT2D eigenvalue weighted by atomic mass is 32.1.